The van der Waals surface area contributed by atoms with Crippen LogP contribution in [-0.2, 0) is 11.2 Å². The first-order valence-electron chi connectivity index (χ1n) is 8.04. The van der Waals surface area contributed by atoms with E-state index in [1.807, 2.05) is 26.0 Å². The number of nitrogens with one attached hydrogen (secondary N) is 2. The molecule has 0 spiro atoms. The number of H-pyrrole nitrogens is 1. The summed E-state index contributed by atoms with van der Waals surface area (Å²) in [6.45, 7) is 4.72. The Morgan fingerprint density at radius 1 is 1.32 bits per heavy atom. The number of carbonyl (C=O) groups is 1. The Labute approximate surface area is 163 Å². The highest BCUT2D eigenvalue weighted by Crippen LogP contribution is 2.30. The van der Waals surface area contributed by atoms with Crippen LogP contribution < -0.4 is 5.32 Å². The second-order valence-electron chi connectivity index (χ2n) is 5.82. The number of benzene rings is 1. The summed E-state index contributed by atoms with van der Waals surface area (Å²) in [6.07, 6.45) is -2.79. The Morgan fingerprint density at radius 2 is 2.00 bits per heavy atom. The molecule has 3 aromatic rings. The number of nitrogens with zero attached hydrogens (tertiary/aromatic N) is 3. The number of aryl methyl sites for hydroxylation is 2. The first-order valence-corrected chi connectivity index (χ1v) is 8.42. The lowest BCUT2D eigenvalue weighted by Crippen LogP contribution is -2.21. The molecule has 7 nitrogen and oxygen atoms in total. The molecule has 0 bridgehead atoms. The number of rotatable bonds is 4. The van der Waals surface area contributed by atoms with Crippen molar-refractivity contribution in [1.29, 1.82) is 0 Å². The van der Waals surface area contributed by atoms with Gasteiger partial charge >= 0.3 is 12.1 Å². The number of alkyl halides is 3. The van der Waals surface area contributed by atoms with Crippen molar-refractivity contribution in [1.82, 2.24) is 20.2 Å². The molecule has 0 aliphatic carbocycles. The third-order valence-electron chi connectivity index (χ3n) is 3.63. The number of hydrogen-bond acceptors (Lipinski definition) is 5. The quantitative estimate of drug-likeness (QED) is 0.597. The van der Waals surface area contributed by atoms with E-state index in [0.29, 0.717) is 0 Å². The Balaban J connectivity index is 0.000000345. The number of carboxylic acids is 1. The van der Waals surface area contributed by atoms with Crippen molar-refractivity contribution in [3.8, 4) is 0 Å². The molecule has 0 radical (unpaired) electrons. The molecule has 0 atom stereocenters. The molecule has 2 heterocycles. The van der Waals surface area contributed by atoms with E-state index in [2.05, 4.69) is 31.5 Å². The number of anilines is 1. The van der Waals surface area contributed by atoms with Crippen LogP contribution in [0.4, 0.5) is 18.9 Å². The van der Waals surface area contributed by atoms with Gasteiger partial charge in [0.2, 0.25) is 0 Å². The second-order valence-corrected chi connectivity index (χ2v) is 6.19. The molecule has 3 N–H and O–H groups in total. The first-order chi connectivity index (χ1) is 13.1. The van der Waals surface area contributed by atoms with Crippen LogP contribution in [0.25, 0.3) is 10.9 Å². The van der Waals surface area contributed by atoms with Crippen LogP contribution in [0.2, 0.25) is 5.02 Å². The van der Waals surface area contributed by atoms with Gasteiger partial charge in [-0.15, -0.1) is 0 Å². The van der Waals surface area contributed by atoms with Gasteiger partial charge in [-0.05, 0) is 25.5 Å². The fourth-order valence-corrected chi connectivity index (χ4v) is 2.51. The number of fused-ring (bicyclic) bond motifs is 1. The Bertz CT molecular complexity index is 962. The lowest BCUT2D eigenvalue weighted by Gasteiger charge is -2.12. The number of carboxylic acid groups (broad SMARTS) is 1. The molecule has 1 aromatic carbocycles. The van der Waals surface area contributed by atoms with Crippen LogP contribution in [0.15, 0.2) is 24.5 Å². The molecule has 0 aliphatic heterocycles. The Hall–Kier alpha value is -2.88. The van der Waals surface area contributed by atoms with Gasteiger partial charge < -0.3 is 10.4 Å². The average molecular weight is 416 g/mol. The van der Waals surface area contributed by atoms with E-state index in [1.165, 1.54) is 6.33 Å². The van der Waals surface area contributed by atoms with Crippen molar-refractivity contribution in [2.24, 2.45) is 0 Å². The normalized spacial score (nSPS) is 11.1. The van der Waals surface area contributed by atoms with Gasteiger partial charge in [0.15, 0.2) is 0 Å². The van der Waals surface area contributed by atoms with Gasteiger partial charge in [-0.2, -0.15) is 18.3 Å². The minimum absolute atomic E-state index is 0.717. The van der Waals surface area contributed by atoms with Crippen molar-refractivity contribution in [3.63, 3.8) is 0 Å². The van der Waals surface area contributed by atoms with E-state index < -0.39 is 12.1 Å². The van der Waals surface area contributed by atoms with Crippen LogP contribution in [0.1, 0.15) is 17.1 Å². The number of hydrogen-bond donors (Lipinski definition) is 3. The summed E-state index contributed by atoms with van der Waals surface area (Å²) in [5, 5.41) is 19.0. The van der Waals surface area contributed by atoms with Gasteiger partial charge in [-0.1, -0.05) is 23.7 Å². The molecule has 3 rings (SSSR count). The maximum absolute atomic E-state index is 10.6. The van der Waals surface area contributed by atoms with Crippen molar-refractivity contribution in [3.05, 3.63) is 46.6 Å². The second kappa shape index (κ2) is 8.87. The molecule has 0 fully saturated rings. The van der Waals surface area contributed by atoms with Crippen LogP contribution in [0, 0.1) is 13.8 Å². The van der Waals surface area contributed by atoms with E-state index in [1.54, 1.807) is 0 Å². The number of aliphatic carboxylic acids is 1. The molecule has 0 amide bonds. The van der Waals surface area contributed by atoms with Crippen LogP contribution in [0.3, 0.4) is 0 Å². The minimum atomic E-state index is -5.08. The predicted octanol–water partition coefficient (Wildman–Crippen LogP) is 3.91. The standard InChI is InChI=1S/C15H16ClN5.C2HF3O2/c1-9-3-4-11-12(7-10(2)20-15(11)14(9)16)17-6-5-13-18-8-19-21-13;3-2(4,5)1(6)7/h3-4,7-8H,5-6H2,1-2H3,(H,17,20)(H,18,19,21);(H,6,7). The number of halogens is 4. The van der Waals surface area contributed by atoms with E-state index in [0.717, 1.165) is 51.7 Å². The summed E-state index contributed by atoms with van der Waals surface area (Å²) in [5.41, 5.74) is 3.87. The highest BCUT2D eigenvalue weighted by atomic mass is 35.5. The fraction of sp³-hybridized carbons (Fsp3) is 0.294. The maximum Gasteiger partial charge on any atom is 0.490 e. The highest BCUT2D eigenvalue weighted by molar-refractivity contribution is 6.36. The van der Waals surface area contributed by atoms with Crippen molar-refractivity contribution in [2.75, 3.05) is 11.9 Å². The molecule has 0 unspecified atom stereocenters. The van der Waals surface area contributed by atoms with Crippen molar-refractivity contribution < 1.29 is 23.1 Å². The smallest absolute Gasteiger partial charge is 0.475 e. The van der Waals surface area contributed by atoms with E-state index in [9.17, 15) is 13.2 Å². The molecule has 2 aromatic heterocycles. The van der Waals surface area contributed by atoms with Crippen LogP contribution in [0.5, 0.6) is 0 Å². The van der Waals surface area contributed by atoms with Gasteiger partial charge in [0.25, 0.3) is 0 Å². The van der Waals surface area contributed by atoms with Gasteiger partial charge in [0.05, 0.1) is 10.5 Å². The molecule has 11 heteroatoms. The number of pyridine rings is 1. The highest BCUT2D eigenvalue weighted by Gasteiger charge is 2.38. The number of aromatic amines is 1. The molecular formula is C17H17ClF3N5O2. The molecule has 0 saturated heterocycles. The summed E-state index contributed by atoms with van der Waals surface area (Å²) in [7, 11) is 0. The SMILES string of the molecule is Cc1cc(NCCc2ncn[nH]2)c2ccc(C)c(Cl)c2n1.O=C(O)C(F)(F)F. The molecule has 0 saturated carbocycles. The zero-order valence-corrected chi connectivity index (χ0v) is 15.7. The first kappa shape index (κ1) is 21.4. The maximum atomic E-state index is 10.6. The summed E-state index contributed by atoms with van der Waals surface area (Å²) >= 11 is 6.37. The Morgan fingerprint density at radius 3 is 2.57 bits per heavy atom. The fourth-order valence-electron chi connectivity index (χ4n) is 2.30. The van der Waals surface area contributed by atoms with Gasteiger partial charge in [-0.3, -0.25) is 10.1 Å². The van der Waals surface area contributed by atoms with Gasteiger partial charge in [-0.25, -0.2) is 9.78 Å². The van der Waals surface area contributed by atoms with Gasteiger partial charge in [0, 0.05) is 29.7 Å². The number of aromatic nitrogens is 4. The third kappa shape index (κ3) is 5.56. The Kier molecular flexibility index (Phi) is 6.79. The lowest BCUT2D eigenvalue weighted by atomic mass is 10.1. The summed E-state index contributed by atoms with van der Waals surface area (Å²) < 4.78 is 31.7. The zero-order chi connectivity index (χ0) is 20.9. The van der Waals surface area contributed by atoms with E-state index in [4.69, 9.17) is 21.5 Å². The van der Waals surface area contributed by atoms with Crippen LogP contribution in [-0.4, -0.2) is 44.0 Å². The van der Waals surface area contributed by atoms with Crippen LogP contribution >= 0.6 is 11.6 Å². The summed E-state index contributed by atoms with van der Waals surface area (Å²) in [6, 6.07) is 6.11. The molecule has 28 heavy (non-hydrogen) atoms. The monoisotopic (exact) mass is 415 g/mol. The predicted molar refractivity (Wildman–Crippen MR) is 98.5 cm³/mol. The van der Waals surface area contributed by atoms with Crippen molar-refractivity contribution in [2.45, 2.75) is 26.4 Å². The molecular weight excluding hydrogens is 399 g/mol. The van der Waals surface area contributed by atoms with E-state index in [-0.39, 0.29) is 0 Å². The zero-order valence-electron chi connectivity index (χ0n) is 14.9. The third-order valence-corrected chi connectivity index (χ3v) is 4.10. The average Bonchev–Trinajstić information content (AvgIpc) is 3.11. The summed E-state index contributed by atoms with van der Waals surface area (Å²) in [5.74, 6) is -1.89. The topological polar surface area (TPSA) is 104 Å². The molecule has 0 aliphatic rings. The summed E-state index contributed by atoms with van der Waals surface area (Å²) in [4.78, 5) is 17.6. The van der Waals surface area contributed by atoms with E-state index >= 15 is 0 Å². The van der Waals surface area contributed by atoms with Gasteiger partial charge in [0.1, 0.15) is 12.2 Å². The lowest BCUT2D eigenvalue weighted by molar-refractivity contribution is -0.192. The molecule has 150 valence electrons. The largest absolute Gasteiger partial charge is 0.490 e. The van der Waals surface area contributed by atoms with Crippen molar-refractivity contribution >= 4 is 34.2 Å². The minimum Gasteiger partial charge on any atom is -0.475 e.